The lowest BCUT2D eigenvalue weighted by molar-refractivity contribution is -0.123. The molecule has 0 saturated heterocycles. The lowest BCUT2D eigenvalue weighted by Gasteiger charge is -2.10. The fourth-order valence-corrected chi connectivity index (χ4v) is 4.31. The highest BCUT2D eigenvalue weighted by molar-refractivity contribution is 7.11. The van der Waals surface area contributed by atoms with E-state index in [0.717, 1.165) is 37.0 Å². The van der Waals surface area contributed by atoms with Gasteiger partial charge in [-0.2, -0.15) is 0 Å². The van der Waals surface area contributed by atoms with Crippen molar-refractivity contribution in [1.29, 1.82) is 0 Å². The third-order valence-electron chi connectivity index (χ3n) is 4.49. The van der Waals surface area contributed by atoms with Crippen molar-refractivity contribution >= 4 is 17.2 Å². The number of para-hydroxylation sites is 1. The third-order valence-corrected chi connectivity index (χ3v) is 5.71. The van der Waals surface area contributed by atoms with E-state index in [9.17, 15) is 4.79 Å². The molecule has 25 heavy (non-hydrogen) atoms. The molecule has 1 N–H and O–H groups in total. The fourth-order valence-electron chi connectivity index (χ4n) is 3.11. The van der Waals surface area contributed by atoms with Gasteiger partial charge in [-0.15, -0.1) is 11.3 Å². The Bertz CT molecular complexity index is 688. The summed E-state index contributed by atoms with van der Waals surface area (Å²) < 4.78 is 5.64. The smallest absolute Gasteiger partial charge is 0.257 e. The maximum atomic E-state index is 11.9. The summed E-state index contributed by atoms with van der Waals surface area (Å²) in [6.45, 7) is 2.82. The maximum absolute atomic E-state index is 11.9. The average molecular weight is 359 g/mol. The minimum absolute atomic E-state index is 0.0654. The summed E-state index contributed by atoms with van der Waals surface area (Å²) in [6.07, 6.45) is 7.66. The zero-order chi connectivity index (χ0) is 17.5. The third kappa shape index (κ3) is 5.05. The van der Waals surface area contributed by atoms with E-state index >= 15 is 0 Å². The second-order valence-corrected chi connectivity index (χ2v) is 7.56. The van der Waals surface area contributed by atoms with Gasteiger partial charge in [0.05, 0.1) is 10.7 Å². The van der Waals surface area contributed by atoms with Crippen molar-refractivity contribution in [2.75, 3.05) is 13.2 Å². The molecule has 0 atom stereocenters. The zero-order valence-electron chi connectivity index (χ0n) is 14.8. The highest BCUT2D eigenvalue weighted by atomic mass is 32.1. The summed E-state index contributed by atoms with van der Waals surface area (Å²) >= 11 is 1.86. The number of benzene rings is 1. The van der Waals surface area contributed by atoms with Gasteiger partial charge < -0.3 is 10.1 Å². The number of aryl methyl sites for hydroxylation is 4. The van der Waals surface area contributed by atoms with Gasteiger partial charge in [0.2, 0.25) is 0 Å². The molecule has 1 aliphatic rings. The van der Waals surface area contributed by atoms with E-state index in [-0.39, 0.29) is 12.5 Å². The van der Waals surface area contributed by atoms with Crippen LogP contribution in [0, 0.1) is 0 Å². The lowest BCUT2D eigenvalue weighted by atomic mass is 10.0. The average Bonchev–Trinajstić information content (AvgIpc) is 3.06. The number of ether oxygens (including phenoxy) is 1. The number of hydrogen-bond donors (Lipinski definition) is 1. The summed E-state index contributed by atoms with van der Waals surface area (Å²) in [6, 6.07) is 7.86. The first kappa shape index (κ1) is 17.9. The molecular formula is C20H26N2O2S. The van der Waals surface area contributed by atoms with Crippen LogP contribution < -0.4 is 10.1 Å². The van der Waals surface area contributed by atoms with E-state index in [1.165, 1.54) is 34.8 Å². The van der Waals surface area contributed by atoms with Gasteiger partial charge in [-0.05, 0) is 50.2 Å². The second kappa shape index (κ2) is 8.99. The molecule has 1 amide bonds. The summed E-state index contributed by atoms with van der Waals surface area (Å²) in [5.74, 6) is 0.734. The molecule has 1 aromatic heterocycles. The van der Waals surface area contributed by atoms with Crippen LogP contribution in [0.15, 0.2) is 24.3 Å². The number of nitrogens with one attached hydrogen (secondary N) is 1. The Kier molecular flexibility index (Phi) is 6.45. The largest absolute Gasteiger partial charge is 0.483 e. The predicted molar refractivity (Wildman–Crippen MR) is 101 cm³/mol. The first-order valence-corrected chi connectivity index (χ1v) is 10.0. The van der Waals surface area contributed by atoms with Crippen molar-refractivity contribution < 1.29 is 9.53 Å². The molecule has 0 bridgehead atoms. The molecule has 0 aliphatic heterocycles. The number of hydrogen-bond acceptors (Lipinski definition) is 4. The molecule has 1 heterocycles. The van der Waals surface area contributed by atoms with E-state index in [1.54, 1.807) is 0 Å². The van der Waals surface area contributed by atoms with Gasteiger partial charge in [0.1, 0.15) is 5.75 Å². The second-order valence-electron chi connectivity index (χ2n) is 6.39. The van der Waals surface area contributed by atoms with Crippen LogP contribution in [-0.2, 0) is 30.5 Å². The quantitative estimate of drug-likeness (QED) is 0.732. The molecule has 1 aliphatic carbocycles. The number of nitrogens with zero attached hydrogens (tertiary/aromatic N) is 1. The Morgan fingerprint density at radius 3 is 2.96 bits per heavy atom. The van der Waals surface area contributed by atoms with Crippen LogP contribution in [0.5, 0.6) is 5.75 Å². The molecule has 5 heteroatoms. The first-order valence-electron chi connectivity index (χ1n) is 9.21. The van der Waals surface area contributed by atoms with E-state index < -0.39 is 0 Å². The number of carbonyl (C=O) groups is 1. The highest BCUT2D eigenvalue weighted by Gasteiger charge is 2.14. The van der Waals surface area contributed by atoms with Crippen LogP contribution in [0.4, 0.5) is 0 Å². The molecule has 3 rings (SSSR count). The highest BCUT2D eigenvalue weighted by Crippen LogP contribution is 2.27. The predicted octanol–water partition coefficient (Wildman–Crippen LogP) is 3.71. The van der Waals surface area contributed by atoms with Gasteiger partial charge in [0.15, 0.2) is 6.61 Å². The van der Waals surface area contributed by atoms with E-state index in [4.69, 9.17) is 9.72 Å². The van der Waals surface area contributed by atoms with Crippen LogP contribution in [-0.4, -0.2) is 24.0 Å². The SMILES string of the molecule is CCc1ccccc1OCC(=O)NCCCc1nc2c(s1)CCCC2. The molecule has 0 unspecified atom stereocenters. The van der Waals surface area contributed by atoms with Crippen LogP contribution in [0.25, 0.3) is 0 Å². The van der Waals surface area contributed by atoms with Gasteiger partial charge in [-0.1, -0.05) is 25.1 Å². The van der Waals surface area contributed by atoms with Crippen molar-refractivity contribution in [2.24, 2.45) is 0 Å². The van der Waals surface area contributed by atoms with Gasteiger partial charge >= 0.3 is 0 Å². The number of thiazole rings is 1. The Morgan fingerprint density at radius 2 is 2.12 bits per heavy atom. The molecule has 1 aromatic carbocycles. The molecule has 0 spiro atoms. The minimum Gasteiger partial charge on any atom is -0.483 e. The molecule has 4 nitrogen and oxygen atoms in total. The van der Waals surface area contributed by atoms with Gasteiger partial charge in [-0.3, -0.25) is 4.79 Å². The number of rotatable bonds is 8. The van der Waals surface area contributed by atoms with Crippen molar-refractivity contribution in [3.05, 3.63) is 45.4 Å². The Balaban J connectivity index is 1.36. The van der Waals surface area contributed by atoms with E-state index in [2.05, 4.69) is 12.2 Å². The number of carbonyl (C=O) groups excluding carboxylic acids is 1. The summed E-state index contributed by atoms with van der Waals surface area (Å²) in [7, 11) is 0. The zero-order valence-corrected chi connectivity index (χ0v) is 15.7. The standard InChI is InChI=1S/C20H26N2O2S/c1-2-15-8-3-5-10-17(15)24-14-19(23)21-13-7-12-20-22-16-9-4-6-11-18(16)25-20/h3,5,8,10H,2,4,6-7,9,11-14H2,1H3,(H,21,23). The van der Waals surface area contributed by atoms with Crippen LogP contribution in [0.2, 0.25) is 0 Å². The Morgan fingerprint density at radius 1 is 1.28 bits per heavy atom. The molecule has 134 valence electrons. The van der Waals surface area contributed by atoms with Crippen molar-refractivity contribution in [3.8, 4) is 5.75 Å². The van der Waals surface area contributed by atoms with E-state index in [0.29, 0.717) is 6.54 Å². The van der Waals surface area contributed by atoms with Crippen LogP contribution in [0.3, 0.4) is 0 Å². The minimum atomic E-state index is -0.0654. The first-order chi connectivity index (χ1) is 12.3. The van der Waals surface area contributed by atoms with Crippen molar-refractivity contribution in [2.45, 2.75) is 51.9 Å². The molecule has 0 saturated carbocycles. The van der Waals surface area contributed by atoms with Crippen LogP contribution >= 0.6 is 11.3 Å². The number of fused-ring (bicyclic) bond motifs is 1. The molecular weight excluding hydrogens is 332 g/mol. The van der Waals surface area contributed by atoms with Gasteiger partial charge in [0, 0.05) is 17.8 Å². The lowest BCUT2D eigenvalue weighted by Crippen LogP contribution is -2.30. The maximum Gasteiger partial charge on any atom is 0.257 e. The fraction of sp³-hybridized carbons (Fsp3) is 0.500. The molecule has 0 radical (unpaired) electrons. The monoisotopic (exact) mass is 358 g/mol. The van der Waals surface area contributed by atoms with Gasteiger partial charge in [0.25, 0.3) is 5.91 Å². The number of amides is 1. The molecule has 0 fully saturated rings. The Hall–Kier alpha value is -1.88. The summed E-state index contributed by atoms with van der Waals surface area (Å²) in [5, 5.41) is 4.15. The normalized spacial score (nSPS) is 13.3. The van der Waals surface area contributed by atoms with Gasteiger partial charge in [-0.25, -0.2) is 4.98 Å². The Labute approximate surface area is 153 Å². The number of aromatic nitrogens is 1. The van der Waals surface area contributed by atoms with Crippen molar-refractivity contribution in [3.63, 3.8) is 0 Å². The molecule has 2 aromatic rings. The topological polar surface area (TPSA) is 51.2 Å². The summed E-state index contributed by atoms with van der Waals surface area (Å²) in [5.41, 5.74) is 2.45. The van der Waals surface area contributed by atoms with E-state index in [1.807, 2.05) is 35.6 Å². The summed E-state index contributed by atoms with van der Waals surface area (Å²) in [4.78, 5) is 18.2. The van der Waals surface area contributed by atoms with Crippen molar-refractivity contribution in [1.82, 2.24) is 10.3 Å². The van der Waals surface area contributed by atoms with Crippen LogP contribution in [0.1, 0.15) is 47.3 Å².